The van der Waals surface area contributed by atoms with Crippen molar-refractivity contribution in [1.82, 2.24) is 10.2 Å². The Morgan fingerprint density at radius 1 is 1.28 bits per heavy atom. The zero-order valence-electron chi connectivity index (χ0n) is 11.5. The fourth-order valence-corrected chi connectivity index (χ4v) is 3.02. The summed E-state index contributed by atoms with van der Waals surface area (Å²) in [6.07, 6.45) is 5.43. The standard InChI is InChI=1S/C13H27N3.2ClH/c1-13(10-14)5-9-16(11-13)8-4-12-2-6-15-7-3-12;;/h12,15H,2-11,14H2,1H3;2*1H. The van der Waals surface area contributed by atoms with Crippen LogP contribution in [0.2, 0.25) is 0 Å². The normalized spacial score (nSPS) is 29.7. The van der Waals surface area contributed by atoms with Gasteiger partial charge < -0.3 is 16.0 Å². The lowest BCUT2D eigenvalue weighted by molar-refractivity contribution is 0.245. The van der Waals surface area contributed by atoms with Crippen LogP contribution in [0.15, 0.2) is 0 Å². The lowest BCUT2D eigenvalue weighted by Crippen LogP contribution is -2.33. The van der Waals surface area contributed by atoms with E-state index in [1.807, 2.05) is 0 Å². The zero-order chi connectivity index (χ0) is 11.4. The summed E-state index contributed by atoms with van der Waals surface area (Å²) in [6.45, 7) is 9.40. The summed E-state index contributed by atoms with van der Waals surface area (Å²) >= 11 is 0. The zero-order valence-corrected chi connectivity index (χ0v) is 13.1. The van der Waals surface area contributed by atoms with Gasteiger partial charge >= 0.3 is 0 Å². The second-order valence-electron chi connectivity index (χ2n) is 6.02. The van der Waals surface area contributed by atoms with Crippen molar-refractivity contribution in [1.29, 1.82) is 0 Å². The fourth-order valence-electron chi connectivity index (χ4n) is 3.02. The predicted molar refractivity (Wildman–Crippen MR) is 82.9 cm³/mol. The van der Waals surface area contributed by atoms with Gasteiger partial charge in [0.1, 0.15) is 0 Å². The first-order chi connectivity index (χ1) is 7.72. The first-order valence-corrected chi connectivity index (χ1v) is 6.85. The molecule has 0 aromatic heterocycles. The smallest absolute Gasteiger partial charge is 0.00479 e. The van der Waals surface area contributed by atoms with Gasteiger partial charge in [0.2, 0.25) is 0 Å². The van der Waals surface area contributed by atoms with Crippen molar-refractivity contribution >= 4 is 24.8 Å². The fraction of sp³-hybridized carbons (Fsp3) is 1.00. The van der Waals surface area contributed by atoms with E-state index >= 15 is 0 Å². The molecule has 110 valence electrons. The third-order valence-electron chi connectivity index (χ3n) is 4.44. The molecule has 0 amide bonds. The third-order valence-corrected chi connectivity index (χ3v) is 4.44. The van der Waals surface area contributed by atoms with E-state index in [2.05, 4.69) is 17.1 Å². The van der Waals surface area contributed by atoms with Crippen LogP contribution in [0.25, 0.3) is 0 Å². The molecule has 0 aromatic carbocycles. The SMILES string of the molecule is CC1(CN)CCN(CCC2CCNCC2)C1.Cl.Cl. The van der Waals surface area contributed by atoms with Gasteiger partial charge in [0, 0.05) is 6.54 Å². The van der Waals surface area contributed by atoms with E-state index < -0.39 is 0 Å². The van der Waals surface area contributed by atoms with Crippen molar-refractivity contribution in [2.24, 2.45) is 17.1 Å². The average Bonchev–Trinajstić information content (AvgIpc) is 2.71. The van der Waals surface area contributed by atoms with Crippen molar-refractivity contribution in [3.05, 3.63) is 0 Å². The van der Waals surface area contributed by atoms with Crippen LogP contribution in [0, 0.1) is 11.3 Å². The summed E-state index contributed by atoms with van der Waals surface area (Å²) in [4.78, 5) is 2.62. The average molecular weight is 298 g/mol. The largest absolute Gasteiger partial charge is 0.330 e. The van der Waals surface area contributed by atoms with Crippen LogP contribution < -0.4 is 11.1 Å². The Bertz CT molecular complexity index is 222. The molecule has 2 rings (SSSR count). The molecule has 18 heavy (non-hydrogen) atoms. The second-order valence-corrected chi connectivity index (χ2v) is 6.02. The molecule has 1 atom stereocenters. The number of nitrogens with zero attached hydrogens (tertiary/aromatic N) is 1. The lowest BCUT2D eigenvalue weighted by atomic mass is 9.90. The summed E-state index contributed by atoms with van der Waals surface area (Å²) in [5.74, 6) is 0.964. The Hall–Kier alpha value is 0.460. The minimum atomic E-state index is 0. The van der Waals surface area contributed by atoms with Gasteiger partial charge in [-0.15, -0.1) is 24.8 Å². The molecule has 0 saturated carbocycles. The van der Waals surface area contributed by atoms with Gasteiger partial charge in [0.15, 0.2) is 0 Å². The molecule has 2 fully saturated rings. The first kappa shape index (κ1) is 18.5. The minimum absolute atomic E-state index is 0. The highest BCUT2D eigenvalue weighted by atomic mass is 35.5. The minimum Gasteiger partial charge on any atom is -0.330 e. The molecule has 0 aromatic rings. The van der Waals surface area contributed by atoms with E-state index in [-0.39, 0.29) is 24.8 Å². The highest BCUT2D eigenvalue weighted by molar-refractivity contribution is 5.85. The number of nitrogens with two attached hydrogens (primary N) is 1. The molecule has 0 spiro atoms. The maximum Gasteiger partial charge on any atom is 0.00479 e. The quantitative estimate of drug-likeness (QED) is 0.833. The highest BCUT2D eigenvalue weighted by Crippen LogP contribution is 2.29. The number of rotatable bonds is 4. The second kappa shape index (κ2) is 8.60. The van der Waals surface area contributed by atoms with Crippen molar-refractivity contribution in [3.8, 4) is 0 Å². The van der Waals surface area contributed by atoms with Crippen LogP contribution in [-0.2, 0) is 0 Å². The van der Waals surface area contributed by atoms with Gasteiger partial charge in [0.05, 0.1) is 0 Å². The molecule has 3 nitrogen and oxygen atoms in total. The molecule has 0 aliphatic carbocycles. The molecule has 2 saturated heterocycles. The van der Waals surface area contributed by atoms with Crippen LogP contribution in [0.5, 0.6) is 0 Å². The third kappa shape index (κ3) is 5.22. The lowest BCUT2D eigenvalue weighted by Gasteiger charge is -2.26. The van der Waals surface area contributed by atoms with Crippen molar-refractivity contribution < 1.29 is 0 Å². The van der Waals surface area contributed by atoms with Crippen molar-refractivity contribution in [3.63, 3.8) is 0 Å². The molecular weight excluding hydrogens is 269 g/mol. The Kier molecular flexibility index (Phi) is 8.81. The van der Waals surface area contributed by atoms with E-state index in [4.69, 9.17) is 5.73 Å². The number of likely N-dealkylation sites (tertiary alicyclic amines) is 1. The Balaban J connectivity index is 0.00000144. The summed E-state index contributed by atoms with van der Waals surface area (Å²) in [5, 5.41) is 3.43. The van der Waals surface area contributed by atoms with Crippen LogP contribution in [0.3, 0.4) is 0 Å². The predicted octanol–water partition coefficient (Wildman–Crippen LogP) is 1.89. The molecule has 2 aliphatic rings. The van der Waals surface area contributed by atoms with E-state index in [9.17, 15) is 0 Å². The Labute approximate surface area is 124 Å². The first-order valence-electron chi connectivity index (χ1n) is 6.85. The van der Waals surface area contributed by atoms with Crippen LogP contribution in [0.4, 0.5) is 0 Å². The summed E-state index contributed by atoms with van der Waals surface area (Å²) < 4.78 is 0. The molecule has 2 aliphatic heterocycles. The Morgan fingerprint density at radius 2 is 1.94 bits per heavy atom. The topological polar surface area (TPSA) is 41.3 Å². The highest BCUT2D eigenvalue weighted by Gasteiger charge is 2.32. The summed E-state index contributed by atoms with van der Waals surface area (Å²) in [6, 6.07) is 0. The number of nitrogens with one attached hydrogen (secondary N) is 1. The van der Waals surface area contributed by atoms with Gasteiger partial charge in [-0.1, -0.05) is 6.92 Å². The number of hydrogen-bond acceptors (Lipinski definition) is 3. The maximum absolute atomic E-state index is 5.83. The molecular formula is C13H29Cl2N3. The van der Waals surface area contributed by atoms with Gasteiger partial charge in [0.25, 0.3) is 0 Å². The van der Waals surface area contributed by atoms with Crippen molar-refractivity contribution in [2.45, 2.75) is 32.6 Å². The van der Waals surface area contributed by atoms with E-state index in [1.165, 1.54) is 58.4 Å². The van der Waals surface area contributed by atoms with Crippen LogP contribution >= 0.6 is 24.8 Å². The molecule has 0 bridgehead atoms. The van der Waals surface area contributed by atoms with Gasteiger partial charge in [-0.3, -0.25) is 0 Å². The van der Waals surface area contributed by atoms with Gasteiger partial charge in [-0.05, 0) is 69.7 Å². The molecule has 0 radical (unpaired) electrons. The molecule has 1 unspecified atom stereocenters. The van der Waals surface area contributed by atoms with E-state index in [0.29, 0.717) is 5.41 Å². The molecule has 2 heterocycles. The van der Waals surface area contributed by atoms with Crippen LogP contribution in [0.1, 0.15) is 32.6 Å². The summed E-state index contributed by atoms with van der Waals surface area (Å²) in [5.41, 5.74) is 6.23. The maximum atomic E-state index is 5.83. The van der Waals surface area contributed by atoms with E-state index in [0.717, 1.165) is 12.5 Å². The van der Waals surface area contributed by atoms with E-state index in [1.54, 1.807) is 0 Å². The van der Waals surface area contributed by atoms with Gasteiger partial charge in [-0.25, -0.2) is 0 Å². The van der Waals surface area contributed by atoms with Crippen molar-refractivity contribution in [2.75, 3.05) is 39.3 Å². The van der Waals surface area contributed by atoms with Crippen LogP contribution in [-0.4, -0.2) is 44.2 Å². The van der Waals surface area contributed by atoms with Gasteiger partial charge in [-0.2, -0.15) is 0 Å². The number of hydrogen-bond donors (Lipinski definition) is 2. The monoisotopic (exact) mass is 297 g/mol. The number of halogens is 2. The Morgan fingerprint density at radius 3 is 2.50 bits per heavy atom. The molecule has 5 heteroatoms. The molecule has 3 N–H and O–H groups in total. The number of piperidine rings is 1. The summed E-state index contributed by atoms with van der Waals surface area (Å²) in [7, 11) is 0.